The van der Waals surface area contributed by atoms with Crippen LogP contribution in [-0.2, 0) is 6.54 Å². The molecule has 1 aliphatic carbocycles. The summed E-state index contributed by atoms with van der Waals surface area (Å²) in [6.45, 7) is 0.286. The number of carbonyl (C=O) groups excluding carboxylic acids is 1. The molecule has 114 valence electrons. The van der Waals surface area contributed by atoms with Crippen LogP contribution in [0.4, 0.5) is 4.39 Å². The van der Waals surface area contributed by atoms with Gasteiger partial charge in [-0.15, -0.1) is 0 Å². The predicted octanol–water partition coefficient (Wildman–Crippen LogP) is 3.64. The number of hydrogen-bond donors (Lipinski definition) is 0. The highest BCUT2D eigenvalue weighted by Gasteiger charge is 2.34. The number of amides is 1. The summed E-state index contributed by atoms with van der Waals surface area (Å²) in [7, 11) is 1.55. The Bertz CT molecular complexity index is 682. The summed E-state index contributed by atoms with van der Waals surface area (Å²) in [5.74, 6) is 0.163. The van der Waals surface area contributed by atoms with Gasteiger partial charge in [-0.25, -0.2) is 4.39 Å². The molecule has 2 aromatic carbocycles. The minimum absolute atomic E-state index is 0.108. The molecule has 0 saturated heterocycles. The van der Waals surface area contributed by atoms with Crippen molar-refractivity contribution in [1.29, 1.82) is 0 Å². The minimum atomic E-state index is -0.277. The first-order valence-corrected chi connectivity index (χ1v) is 7.38. The van der Waals surface area contributed by atoms with E-state index < -0.39 is 0 Å². The Morgan fingerprint density at radius 2 is 1.86 bits per heavy atom. The van der Waals surface area contributed by atoms with Crippen LogP contribution in [0.1, 0.15) is 28.8 Å². The molecule has 3 rings (SSSR count). The smallest absolute Gasteiger partial charge is 0.258 e. The summed E-state index contributed by atoms with van der Waals surface area (Å²) >= 11 is 0. The topological polar surface area (TPSA) is 29.5 Å². The largest absolute Gasteiger partial charge is 0.496 e. The average Bonchev–Trinajstić information content (AvgIpc) is 3.38. The normalized spacial score (nSPS) is 13.7. The molecule has 0 bridgehead atoms. The van der Waals surface area contributed by atoms with Crippen LogP contribution in [0.5, 0.6) is 5.75 Å². The Morgan fingerprint density at radius 3 is 2.55 bits per heavy atom. The van der Waals surface area contributed by atoms with Crippen molar-refractivity contribution in [3.05, 3.63) is 65.5 Å². The van der Waals surface area contributed by atoms with E-state index in [9.17, 15) is 9.18 Å². The van der Waals surface area contributed by atoms with E-state index in [4.69, 9.17) is 4.74 Å². The maximum atomic E-state index is 13.9. The first-order valence-electron chi connectivity index (χ1n) is 7.38. The second-order valence-electron chi connectivity index (χ2n) is 5.46. The lowest BCUT2D eigenvalue weighted by Gasteiger charge is -2.23. The lowest BCUT2D eigenvalue weighted by Crippen LogP contribution is -2.33. The molecule has 1 fully saturated rings. The average molecular weight is 299 g/mol. The van der Waals surface area contributed by atoms with Gasteiger partial charge in [0.05, 0.1) is 12.7 Å². The second kappa shape index (κ2) is 6.18. The van der Waals surface area contributed by atoms with E-state index in [2.05, 4.69) is 0 Å². The van der Waals surface area contributed by atoms with Gasteiger partial charge in [0.1, 0.15) is 11.6 Å². The molecular weight excluding hydrogens is 281 g/mol. The van der Waals surface area contributed by atoms with Gasteiger partial charge in [0, 0.05) is 18.2 Å². The van der Waals surface area contributed by atoms with E-state index in [1.165, 1.54) is 6.07 Å². The summed E-state index contributed by atoms with van der Waals surface area (Å²) in [6.07, 6.45) is 1.94. The lowest BCUT2D eigenvalue weighted by molar-refractivity contribution is 0.0725. The molecular formula is C18H18FNO2. The number of para-hydroxylation sites is 1. The fourth-order valence-corrected chi connectivity index (χ4v) is 2.54. The van der Waals surface area contributed by atoms with Crippen LogP contribution < -0.4 is 4.74 Å². The van der Waals surface area contributed by atoms with Crippen LogP contribution >= 0.6 is 0 Å². The van der Waals surface area contributed by atoms with E-state index in [-0.39, 0.29) is 24.3 Å². The van der Waals surface area contributed by atoms with Crippen molar-refractivity contribution in [2.24, 2.45) is 0 Å². The molecule has 0 atom stereocenters. The quantitative estimate of drug-likeness (QED) is 0.843. The van der Waals surface area contributed by atoms with Gasteiger partial charge >= 0.3 is 0 Å². The van der Waals surface area contributed by atoms with E-state index in [1.54, 1.807) is 42.3 Å². The number of carbonyl (C=O) groups is 1. The van der Waals surface area contributed by atoms with Crippen molar-refractivity contribution in [3.63, 3.8) is 0 Å². The zero-order valence-corrected chi connectivity index (χ0v) is 12.5. The van der Waals surface area contributed by atoms with Crippen LogP contribution in [0, 0.1) is 5.82 Å². The highest BCUT2D eigenvalue weighted by Crippen LogP contribution is 2.32. The zero-order chi connectivity index (χ0) is 15.5. The lowest BCUT2D eigenvalue weighted by atomic mass is 10.1. The van der Waals surface area contributed by atoms with Gasteiger partial charge < -0.3 is 9.64 Å². The van der Waals surface area contributed by atoms with Crippen molar-refractivity contribution < 1.29 is 13.9 Å². The standard InChI is InChI=1S/C18H18FNO2/c1-22-17-9-5-3-7-15(17)18(21)20(14-10-11-14)12-13-6-2-4-8-16(13)19/h2-9,14H,10-12H2,1H3. The third kappa shape index (κ3) is 2.96. The third-order valence-corrected chi connectivity index (χ3v) is 3.88. The van der Waals surface area contributed by atoms with E-state index in [1.807, 2.05) is 12.1 Å². The Labute approximate surface area is 129 Å². The van der Waals surface area contributed by atoms with Crippen LogP contribution in [0.25, 0.3) is 0 Å². The second-order valence-corrected chi connectivity index (χ2v) is 5.46. The fraction of sp³-hybridized carbons (Fsp3) is 0.278. The Balaban J connectivity index is 1.88. The van der Waals surface area contributed by atoms with Gasteiger partial charge in [0.2, 0.25) is 0 Å². The van der Waals surface area contributed by atoms with Gasteiger partial charge in [-0.05, 0) is 31.0 Å². The molecule has 0 spiro atoms. The Hall–Kier alpha value is -2.36. The first-order chi connectivity index (χ1) is 10.7. The summed E-state index contributed by atoms with van der Waals surface area (Å²) in [5, 5.41) is 0. The SMILES string of the molecule is COc1ccccc1C(=O)N(Cc1ccccc1F)C1CC1. The molecule has 0 aliphatic heterocycles. The monoisotopic (exact) mass is 299 g/mol. The van der Waals surface area contributed by atoms with Gasteiger partial charge in [0.25, 0.3) is 5.91 Å². The molecule has 0 radical (unpaired) electrons. The number of methoxy groups -OCH3 is 1. The van der Waals surface area contributed by atoms with E-state index in [0.717, 1.165) is 12.8 Å². The summed E-state index contributed by atoms with van der Waals surface area (Å²) < 4.78 is 19.2. The molecule has 0 unspecified atom stereocenters. The summed E-state index contributed by atoms with van der Waals surface area (Å²) in [5.41, 5.74) is 1.06. The van der Waals surface area contributed by atoms with Crippen molar-refractivity contribution in [2.75, 3.05) is 7.11 Å². The molecule has 1 amide bonds. The maximum absolute atomic E-state index is 13.9. The molecule has 22 heavy (non-hydrogen) atoms. The number of ether oxygens (including phenoxy) is 1. The van der Waals surface area contributed by atoms with E-state index >= 15 is 0 Å². The fourth-order valence-electron chi connectivity index (χ4n) is 2.54. The number of halogens is 1. The zero-order valence-electron chi connectivity index (χ0n) is 12.5. The summed E-state index contributed by atoms with van der Waals surface area (Å²) in [4.78, 5) is 14.6. The van der Waals surface area contributed by atoms with Crippen molar-refractivity contribution in [1.82, 2.24) is 4.90 Å². The molecule has 0 aromatic heterocycles. The van der Waals surface area contributed by atoms with Crippen LogP contribution in [0.15, 0.2) is 48.5 Å². The van der Waals surface area contributed by atoms with Gasteiger partial charge in [0.15, 0.2) is 0 Å². The molecule has 1 aliphatic rings. The maximum Gasteiger partial charge on any atom is 0.258 e. The Morgan fingerprint density at radius 1 is 1.18 bits per heavy atom. The third-order valence-electron chi connectivity index (χ3n) is 3.88. The molecule has 0 heterocycles. The minimum Gasteiger partial charge on any atom is -0.496 e. The highest BCUT2D eigenvalue weighted by atomic mass is 19.1. The number of hydrogen-bond acceptors (Lipinski definition) is 2. The number of rotatable bonds is 5. The Kier molecular flexibility index (Phi) is 4.09. The molecule has 0 N–H and O–H groups in total. The highest BCUT2D eigenvalue weighted by molar-refractivity contribution is 5.97. The number of benzene rings is 2. The van der Waals surface area contributed by atoms with Gasteiger partial charge in [-0.1, -0.05) is 30.3 Å². The van der Waals surface area contributed by atoms with Gasteiger partial charge in [-0.2, -0.15) is 0 Å². The number of nitrogens with zero attached hydrogens (tertiary/aromatic N) is 1. The van der Waals surface area contributed by atoms with E-state index in [0.29, 0.717) is 16.9 Å². The molecule has 4 heteroatoms. The molecule has 2 aromatic rings. The molecule has 1 saturated carbocycles. The molecule has 3 nitrogen and oxygen atoms in total. The van der Waals surface area contributed by atoms with Crippen LogP contribution in [0.3, 0.4) is 0 Å². The first kappa shape index (κ1) is 14.6. The van der Waals surface area contributed by atoms with Crippen molar-refractivity contribution >= 4 is 5.91 Å². The predicted molar refractivity (Wildman–Crippen MR) is 82.3 cm³/mol. The van der Waals surface area contributed by atoms with Gasteiger partial charge in [-0.3, -0.25) is 4.79 Å². The van der Waals surface area contributed by atoms with Crippen LogP contribution in [0.2, 0.25) is 0 Å². The van der Waals surface area contributed by atoms with Crippen molar-refractivity contribution in [3.8, 4) is 5.75 Å². The van der Waals surface area contributed by atoms with Crippen molar-refractivity contribution in [2.45, 2.75) is 25.4 Å². The summed E-state index contributed by atoms with van der Waals surface area (Å²) in [6, 6.07) is 13.9. The van der Waals surface area contributed by atoms with Crippen LogP contribution in [-0.4, -0.2) is 24.0 Å².